The minimum Gasteiger partial charge on any atom is -0.464 e. The first-order valence-corrected chi connectivity index (χ1v) is 3.06. The summed E-state index contributed by atoms with van der Waals surface area (Å²) in [4.78, 5) is 20.2. The number of carbonyl (C=O) groups excluding carboxylic acids is 2. The number of hydrogen-bond acceptors (Lipinski definition) is 5. The van der Waals surface area contributed by atoms with Gasteiger partial charge in [-0.1, -0.05) is 6.58 Å². The van der Waals surface area contributed by atoms with Crippen LogP contribution in [0.15, 0.2) is 12.2 Å². The Hall–Kier alpha value is -1.36. The lowest BCUT2D eigenvalue weighted by atomic mass is 10.4. The van der Waals surface area contributed by atoms with Crippen molar-refractivity contribution in [3.8, 4) is 0 Å². The van der Waals surface area contributed by atoms with Crippen LogP contribution in [0.25, 0.3) is 0 Å². The molecule has 0 saturated heterocycles. The fourth-order valence-electron chi connectivity index (χ4n) is 0.354. The van der Waals surface area contributed by atoms with Crippen molar-refractivity contribution >= 4 is 12.4 Å². The van der Waals surface area contributed by atoms with Crippen LogP contribution in [-0.4, -0.2) is 25.7 Å². The van der Waals surface area contributed by atoms with Gasteiger partial charge in [-0.15, -0.1) is 0 Å². The maximum Gasteiger partial charge on any atom is 0.333 e. The average molecular weight is 175 g/mol. The highest BCUT2D eigenvalue weighted by Crippen LogP contribution is 1.90. The van der Waals surface area contributed by atoms with Gasteiger partial charge in [0.05, 0.1) is 0 Å². The van der Waals surface area contributed by atoms with E-state index in [1.165, 1.54) is 0 Å². The molecule has 0 atom stereocenters. The first kappa shape index (κ1) is 13.2. The summed E-state index contributed by atoms with van der Waals surface area (Å²) in [5, 5.41) is 0. The summed E-state index contributed by atoms with van der Waals surface area (Å²) < 4.78 is 8.86. The third kappa shape index (κ3) is 6.76. The molecule has 0 heterocycles. The fourth-order valence-corrected chi connectivity index (χ4v) is 0.354. The summed E-state index contributed by atoms with van der Waals surface area (Å²) in [7, 11) is 0. The van der Waals surface area contributed by atoms with Gasteiger partial charge in [-0.2, -0.15) is 0 Å². The van der Waals surface area contributed by atoms with E-state index < -0.39 is 5.97 Å². The van der Waals surface area contributed by atoms with E-state index in [1.807, 2.05) is 0 Å². The van der Waals surface area contributed by atoms with Crippen LogP contribution in [0, 0.1) is 0 Å². The molecule has 0 aliphatic heterocycles. The Kier molecular flexibility index (Phi) is 8.55. The molecular weight excluding hydrogens is 162 g/mol. The first-order valence-electron chi connectivity index (χ1n) is 3.06. The normalized spacial score (nSPS) is 7.75. The average Bonchev–Trinajstić information content (AvgIpc) is 1.97. The Morgan fingerprint density at radius 1 is 1.50 bits per heavy atom. The molecule has 0 aromatic heterocycles. The quantitative estimate of drug-likeness (QED) is 0.283. The van der Waals surface area contributed by atoms with E-state index in [2.05, 4.69) is 16.1 Å². The maximum atomic E-state index is 10.6. The van der Waals surface area contributed by atoms with Gasteiger partial charge in [0, 0.05) is 5.57 Å². The van der Waals surface area contributed by atoms with Crippen molar-refractivity contribution in [3.05, 3.63) is 12.2 Å². The summed E-state index contributed by atoms with van der Waals surface area (Å²) >= 11 is 0. The molecule has 0 spiro atoms. The monoisotopic (exact) mass is 175 g/mol. The lowest BCUT2D eigenvalue weighted by Crippen LogP contribution is -2.10. The van der Waals surface area contributed by atoms with Crippen LogP contribution < -0.4 is 6.15 Å². The van der Waals surface area contributed by atoms with E-state index in [0.29, 0.717) is 12.0 Å². The molecule has 0 aliphatic rings. The van der Waals surface area contributed by atoms with Crippen molar-refractivity contribution in [3.63, 3.8) is 0 Å². The number of rotatable bonds is 5. The largest absolute Gasteiger partial charge is 0.464 e. The summed E-state index contributed by atoms with van der Waals surface area (Å²) in [6, 6.07) is 0. The van der Waals surface area contributed by atoms with E-state index in [1.54, 1.807) is 6.92 Å². The van der Waals surface area contributed by atoms with Crippen LogP contribution >= 0.6 is 0 Å². The van der Waals surface area contributed by atoms with Crippen molar-refractivity contribution in [1.82, 2.24) is 6.15 Å². The number of ether oxygens (including phenoxy) is 2. The third-order valence-electron chi connectivity index (χ3n) is 0.851. The Balaban J connectivity index is 0. The van der Waals surface area contributed by atoms with Gasteiger partial charge in [0.15, 0.2) is 0 Å². The van der Waals surface area contributed by atoms with Gasteiger partial charge in [-0.3, -0.25) is 4.79 Å². The molecule has 12 heavy (non-hydrogen) atoms. The highest BCUT2D eigenvalue weighted by molar-refractivity contribution is 5.86. The molecule has 3 N–H and O–H groups in total. The van der Waals surface area contributed by atoms with E-state index in [9.17, 15) is 9.59 Å². The molecule has 0 fully saturated rings. The van der Waals surface area contributed by atoms with Gasteiger partial charge in [0.1, 0.15) is 13.2 Å². The lowest BCUT2D eigenvalue weighted by molar-refractivity contribution is -0.143. The fraction of sp³-hybridized carbons (Fsp3) is 0.429. The topological polar surface area (TPSA) is 87.6 Å². The Morgan fingerprint density at radius 3 is 2.50 bits per heavy atom. The lowest BCUT2D eigenvalue weighted by Gasteiger charge is -2.01. The van der Waals surface area contributed by atoms with Crippen LogP contribution in [0.1, 0.15) is 6.92 Å². The minimum atomic E-state index is -0.473. The molecule has 5 nitrogen and oxygen atoms in total. The highest BCUT2D eigenvalue weighted by Gasteiger charge is 2.01. The second kappa shape index (κ2) is 7.74. The molecule has 0 aromatic rings. The van der Waals surface area contributed by atoms with Crippen LogP contribution in [0.3, 0.4) is 0 Å². The molecule has 0 aromatic carbocycles. The maximum absolute atomic E-state index is 10.6. The summed E-state index contributed by atoms with van der Waals surface area (Å²) in [6.45, 7) is 5.37. The SMILES string of the molecule is C=C(C)C(=O)OCCOC=O.N. The zero-order valence-electron chi connectivity index (χ0n) is 7.04. The number of carbonyl (C=O) groups is 2. The molecule has 0 bridgehead atoms. The zero-order valence-corrected chi connectivity index (χ0v) is 7.04. The molecule has 0 rings (SSSR count). The van der Waals surface area contributed by atoms with Crippen LogP contribution in [0.4, 0.5) is 0 Å². The second-order valence-electron chi connectivity index (χ2n) is 1.88. The van der Waals surface area contributed by atoms with Crippen LogP contribution in [-0.2, 0) is 19.1 Å². The minimum absolute atomic E-state index is 0. The van der Waals surface area contributed by atoms with Gasteiger partial charge in [-0.05, 0) is 6.92 Å². The van der Waals surface area contributed by atoms with E-state index in [0.717, 1.165) is 0 Å². The number of esters is 1. The molecule has 70 valence electrons. The summed E-state index contributed by atoms with van der Waals surface area (Å²) in [5.41, 5.74) is 0.330. The van der Waals surface area contributed by atoms with Gasteiger partial charge < -0.3 is 15.6 Å². The van der Waals surface area contributed by atoms with Gasteiger partial charge in [0.25, 0.3) is 6.47 Å². The first-order chi connectivity index (χ1) is 5.18. The highest BCUT2D eigenvalue weighted by atomic mass is 16.6. The van der Waals surface area contributed by atoms with Gasteiger partial charge >= 0.3 is 5.97 Å². The van der Waals surface area contributed by atoms with E-state index in [4.69, 9.17) is 0 Å². The van der Waals surface area contributed by atoms with Crippen molar-refractivity contribution in [2.24, 2.45) is 0 Å². The zero-order chi connectivity index (χ0) is 8.69. The van der Waals surface area contributed by atoms with Gasteiger partial charge in [-0.25, -0.2) is 4.79 Å². The summed E-state index contributed by atoms with van der Waals surface area (Å²) in [5.74, 6) is -0.473. The Bertz CT molecular complexity index is 167. The van der Waals surface area contributed by atoms with Crippen LogP contribution in [0.5, 0.6) is 0 Å². The predicted molar refractivity (Wildman–Crippen MR) is 42.8 cm³/mol. The summed E-state index contributed by atoms with van der Waals surface area (Å²) in [6.07, 6.45) is 0. The standard InChI is InChI=1S/C7H10O4.H3N/c1-6(2)7(9)11-4-3-10-5-8;/h5H,1,3-4H2,2H3;1H3. The van der Waals surface area contributed by atoms with Crippen molar-refractivity contribution in [2.75, 3.05) is 13.2 Å². The molecule has 0 saturated carbocycles. The van der Waals surface area contributed by atoms with Crippen molar-refractivity contribution < 1.29 is 19.1 Å². The number of hydrogen-bond donors (Lipinski definition) is 1. The van der Waals surface area contributed by atoms with Crippen molar-refractivity contribution in [2.45, 2.75) is 6.92 Å². The Labute approximate surface area is 70.9 Å². The predicted octanol–water partition coefficient (Wildman–Crippen LogP) is 0.441. The third-order valence-corrected chi connectivity index (χ3v) is 0.851. The van der Waals surface area contributed by atoms with Gasteiger partial charge in [0.2, 0.25) is 0 Å². The Morgan fingerprint density at radius 2 is 2.08 bits per heavy atom. The molecule has 5 heteroatoms. The molecule has 0 amide bonds. The van der Waals surface area contributed by atoms with E-state index >= 15 is 0 Å². The smallest absolute Gasteiger partial charge is 0.333 e. The molecule has 0 aliphatic carbocycles. The van der Waals surface area contributed by atoms with Crippen molar-refractivity contribution in [1.29, 1.82) is 0 Å². The molecule has 0 radical (unpaired) electrons. The molecular formula is C7H13NO4. The molecule has 0 unspecified atom stereocenters. The second-order valence-corrected chi connectivity index (χ2v) is 1.88. The van der Waals surface area contributed by atoms with Crippen LogP contribution in [0.2, 0.25) is 0 Å². The van der Waals surface area contributed by atoms with E-state index in [-0.39, 0.29) is 19.4 Å².